The molecule has 136 valence electrons. The Morgan fingerprint density at radius 1 is 0.600 bits per heavy atom. The van der Waals surface area contributed by atoms with Crippen LogP contribution < -0.4 is 24.8 Å². The molecule has 2 saturated carbocycles. The Bertz CT molecular complexity index is 574. The summed E-state index contributed by atoms with van der Waals surface area (Å²) >= 11 is -0.344. The van der Waals surface area contributed by atoms with Gasteiger partial charge in [-0.15, -0.1) is 0 Å². The molecule has 0 spiro atoms. The first-order valence-corrected chi connectivity index (χ1v) is 12.4. The maximum Gasteiger partial charge on any atom is -1.00 e. The first-order valence-electron chi connectivity index (χ1n) is 9.52. The number of hydrogen-bond acceptors (Lipinski definition) is 0. The van der Waals surface area contributed by atoms with Gasteiger partial charge in [-0.3, -0.25) is 0 Å². The van der Waals surface area contributed by atoms with Crippen LogP contribution in [0.25, 0.3) is 0 Å². The Hall–Kier alpha value is 0.423. The molecule has 0 N–H and O–H groups in total. The number of halogens is 2. The van der Waals surface area contributed by atoms with Crippen LogP contribution in [0.1, 0.15) is 53.4 Å². The van der Waals surface area contributed by atoms with Crippen molar-refractivity contribution in [1.82, 2.24) is 0 Å². The first-order chi connectivity index (χ1) is 11.1. The SMILES string of the molecule is CC1=CC=C(C)C2[CH]([Zr+2][CH]3CCC4C(C)=CC=C(C)C34)CCC12.[Cl-].[Cl-]. The standard InChI is InChI=1S/2C11H15.2ClH.Zr/c2*1-8-6-7-9(2)11-5-3-4-10(8)11;;;/h2*4,6-7,10-11H,3,5H2,1-2H3;2*1H;/q;;;;+2/p-2. The summed E-state index contributed by atoms with van der Waals surface area (Å²) in [5, 5.41) is 0. The molecule has 6 atom stereocenters. The fourth-order valence-electron chi connectivity index (χ4n) is 5.93. The zero-order valence-corrected chi connectivity index (χ0v) is 19.8. The van der Waals surface area contributed by atoms with Crippen molar-refractivity contribution in [1.29, 1.82) is 0 Å². The molecule has 3 heteroatoms. The third kappa shape index (κ3) is 3.86. The molecule has 0 radical (unpaired) electrons. The van der Waals surface area contributed by atoms with Crippen molar-refractivity contribution in [3.8, 4) is 0 Å². The zero-order valence-electron chi connectivity index (χ0n) is 15.9. The van der Waals surface area contributed by atoms with Gasteiger partial charge in [-0.05, 0) is 0 Å². The summed E-state index contributed by atoms with van der Waals surface area (Å²) in [6.45, 7) is 9.58. The minimum atomic E-state index is -0.344. The van der Waals surface area contributed by atoms with Gasteiger partial charge < -0.3 is 24.8 Å². The van der Waals surface area contributed by atoms with Crippen LogP contribution in [0.2, 0.25) is 7.25 Å². The van der Waals surface area contributed by atoms with Gasteiger partial charge >= 0.3 is 154 Å². The van der Waals surface area contributed by atoms with Crippen LogP contribution in [0.15, 0.2) is 46.6 Å². The van der Waals surface area contributed by atoms with E-state index in [9.17, 15) is 0 Å². The average Bonchev–Trinajstić information content (AvgIpc) is 3.14. The van der Waals surface area contributed by atoms with Crippen LogP contribution in [0, 0.1) is 23.7 Å². The van der Waals surface area contributed by atoms with Gasteiger partial charge in [0.25, 0.3) is 0 Å². The summed E-state index contributed by atoms with van der Waals surface area (Å²) in [5.41, 5.74) is 6.73. The van der Waals surface area contributed by atoms with Crippen LogP contribution in [0.5, 0.6) is 0 Å². The third-order valence-electron chi connectivity index (χ3n) is 7.18. The van der Waals surface area contributed by atoms with Crippen LogP contribution in [-0.2, 0) is 23.2 Å². The second-order valence-electron chi connectivity index (χ2n) is 8.44. The second-order valence-corrected chi connectivity index (χ2v) is 12.9. The zero-order chi connectivity index (χ0) is 16.1. The van der Waals surface area contributed by atoms with Gasteiger partial charge in [0.2, 0.25) is 0 Å². The van der Waals surface area contributed by atoms with E-state index in [1.54, 1.807) is 22.3 Å². The van der Waals surface area contributed by atoms with Crippen LogP contribution in [0.4, 0.5) is 0 Å². The van der Waals surface area contributed by atoms with Crippen molar-refractivity contribution in [2.24, 2.45) is 23.7 Å². The topological polar surface area (TPSA) is 0 Å². The summed E-state index contributed by atoms with van der Waals surface area (Å²) in [4.78, 5) is 0. The average molecular weight is 457 g/mol. The van der Waals surface area contributed by atoms with Crippen LogP contribution >= 0.6 is 0 Å². The van der Waals surface area contributed by atoms with E-state index in [0.29, 0.717) is 0 Å². The van der Waals surface area contributed by atoms with E-state index in [1.807, 2.05) is 0 Å². The van der Waals surface area contributed by atoms with Gasteiger partial charge in [-0.25, -0.2) is 0 Å². The fraction of sp³-hybridized carbons (Fsp3) is 0.636. The normalized spacial score (nSPS) is 38.7. The molecule has 6 unspecified atom stereocenters. The predicted octanol–water partition coefficient (Wildman–Crippen LogP) is 0.519. The molecule has 0 aromatic carbocycles. The van der Waals surface area contributed by atoms with Gasteiger partial charge in [-0.1, -0.05) is 0 Å². The summed E-state index contributed by atoms with van der Waals surface area (Å²) in [7, 11) is 0. The molecule has 0 aromatic heterocycles. The number of rotatable bonds is 2. The monoisotopic (exact) mass is 454 g/mol. The summed E-state index contributed by atoms with van der Waals surface area (Å²) in [5.74, 6) is 3.64. The Morgan fingerprint density at radius 2 is 0.960 bits per heavy atom. The largest absolute Gasteiger partial charge is 1.00 e. The van der Waals surface area contributed by atoms with Gasteiger partial charge in [-0.2, -0.15) is 0 Å². The number of allylic oxidation sites excluding steroid dienone is 8. The van der Waals surface area contributed by atoms with E-state index in [4.69, 9.17) is 0 Å². The van der Waals surface area contributed by atoms with Crippen molar-refractivity contribution in [3.63, 3.8) is 0 Å². The van der Waals surface area contributed by atoms with E-state index in [-0.39, 0.29) is 48.0 Å². The van der Waals surface area contributed by atoms with Crippen molar-refractivity contribution < 1.29 is 48.0 Å². The molecular weight excluding hydrogens is 426 g/mol. The van der Waals surface area contributed by atoms with E-state index in [2.05, 4.69) is 52.0 Å². The molecule has 0 nitrogen and oxygen atoms in total. The van der Waals surface area contributed by atoms with Crippen molar-refractivity contribution in [2.45, 2.75) is 60.6 Å². The molecule has 0 bridgehead atoms. The minimum Gasteiger partial charge on any atom is -1.00 e. The van der Waals surface area contributed by atoms with E-state index in [0.717, 1.165) is 30.9 Å². The fourth-order valence-corrected chi connectivity index (χ4v) is 12.4. The molecule has 4 rings (SSSR count). The molecule has 4 aliphatic carbocycles. The molecule has 0 heterocycles. The molecule has 0 amide bonds. The van der Waals surface area contributed by atoms with Crippen molar-refractivity contribution in [2.75, 3.05) is 0 Å². The molecule has 0 saturated heterocycles. The Kier molecular flexibility index (Phi) is 7.49. The quantitative estimate of drug-likeness (QED) is 0.569. The maximum atomic E-state index is 2.43. The van der Waals surface area contributed by atoms with Gasteiger partial charge in [0.15, 0.2) is 0 Å². The summed E-state index contributed by atoms with van der Waals surface area (Å²) < 4.78 is 2.21. The molecule has 0 aliphatic heterocycles. The summed E-state index contributed by atoms with van der Waals surface area (Å²) in [6, 6.07) is 0. The molecule has 2 fully saturated rings. The van der Waals surface area contributed by atoms with Crippen LogP contribution in [-0.4, -0.2) is 0 Å². The van der Waals surface area contributed by atoms with Gasteiger partial charge in [0.05, 0.1) is 0 Å². The van der Waals surface area contributed by atoms with Gasteiger partial charge in [0.1, 0.15) is 0 Å². The van der Waals surface area contributed by atoms with Crippen molar-refractivity contribution >= 4 is 0 Å². The predicted molar refractivity (Wildman–Crippen MR) is 95.0 cm³/mol. The Morgan fingerprint density at radius 3 is 1.36 bits per heavy atom. The number of fused-ring (bicyclic) bond motifs is 2. The van der Waals surface area contributed by atoms with E-state index in [1.165, 1.54) is 25.7 Å². The number of hydrogen-bond donors (Lipinski definition) is 0. The van der Waals surface area contributed by atoms with E-state index >= 15 is 0 Å². The van der Waals surface area contributed by atoms with Gasteiger partial charge in [0, 0.05) is 0 Å². The Labute approximate surface area is 178 Å². The first kappa shape index (κ1) is 21.7. The Balaban J connectivity index is 0.00000113. The molecule has 4 aliphatic rings. The third-order valence-corrected chi connectivity index (χ3v) is 12.5. The van der Waals surface area contributed by atoms with E-state index < -0.39 is 0 Å². The van der Waals surface area contributed by atoms with Crippen LogP contribution in [0.3, 0.4) is 0 Å². The minimum absolute atomic E-state index is 0. The maximum absolute atomic E-state index is 2.43. The molecule has 0 aromatic rings. The molecular formula is C22H30Cl2Zr. The second kappa shape index (κ2) is 8.62. The van der Waals surface area contributed by atoms with Crippen molar-refractivity contribution in [3.05, 3.63) is 46.6 Å². The molecule has 25 heavy (non-hydrogen) atoms. The smallest absolute Gasteiger partial charge is 1.00 e. The summed E-state index contributed by atoms with van der Waals surface area (Å²) in [6.07, 6.45) is 15.7.